The monoisotopic (exact) mass is 374 g/mol. The van der Waals surface area contributed by atoms with Crippen molar-refractivity contribution in [3.05, 3.63) is 63.3 Å². The summed E-state index contributed by atoms with van der Waals surface area (Å²) in [5, 5.41) is 11.7. The van der Waals surface area contributed by atoms with Crippen LogP contribution >= 0.6 is 11.6 Å². The minimum Gasteiger partial charge on any atom is -0.348 e. The Labute approximate surface area is 158 Å². The van der Waals surface area contributed by atoms with Gasteiger partial charge in [0.15, 0.2) is 0 Å². The molecule has 2 aromatic rings. The van der Waals surface area contributed by atoms with Gasteiger partial charge in [-0.2, -0.15) is 0 Å². The van der Waals surface area contributed by atoms with Crippen LogP contribution in [-0.4, -0.2) is 40.5 Å². The van der Waals surface area contributed by atoms with Gasteiger partial charge in [0.25, 0.3) is 0 Å². The number of anilines is 1. The third kappa shape index (κ3) is 4.31. The molecule has 1 aliphatic rings. The van der Waals surface area contributed by atoms with Crippen LogP contribution in [0, 0.1) is 10.1 Å². The highest BCUT2D eigenvalue weighted by Gasteiger charge is 2.29. The Morgan fingerprint density at radius 3 is 2.54 bits per heavy atom. The van der Waals surface area contributed by atoms with Gasteiger partial charge in [-0.3, -0.25) is 15.0 Å². The number of hydrogen-bond acceptors (Lipinski definition) is 5. The highest BCUT2D eigenvalue weighted by molar-refractivity contribution is 6.29. The zero-order chi connectivity index (χ0) is 18.5. The van der Waals surface area contributed by atoms with E-state index in [4.69, 9.17) is 11.6 Å². The minimum absolute atomic E-state index is 0.0166. The van der Waals surface area contributed by atoms with Crippen molar-refractivity contribution in [3.8, 4) is 0 Å². The molecule has 1 fully saturated rings. The SMILES string of the molecule is CCN(c1nc(Cl)ccc1[N+](=O)[O-])C1CCN(Cc2ccccc2)CC1. The maximum atomic E-state index is 11.4. The van der Waals surface area contributed by atoms with E-state index in [1.165, 1.54) is 17.7 Å². The fraction of sp³-hybridized carbons (Fsp3) is 0.421. The predicted molar refractivity (Wildman–Crippen MR) is 104 cm³/mol. The number of nitro groups is 1. The van der Waals surface area contributed by atoms with E-state index in [1.54, 1.807) is 0 Å². The summed E-state index contributed by atoms with van der Waals surface area (Å²) in [6.07, 6.45) is 1.90. The third-order valence-electron chi connectivity index (χ3n) is 4.88. The summed E-state index contributed by atoms with van der Waals surface area (Å²) in [5.41, 5.74) is 1.33. The summed E-state index contributed by atoms with van der Waals surface area (Å²) in [5.74, 6) is 0.381. The van der Waals surface area contributed by atoms with Crippen molar-refractivity contribution < 1.29 is 4.92 Å². The van der Waals surface area contributed by atoms with E-state index in [-0.39, 0.29) is 21.8 Å². The molecule has 1 saturated heterocycles. The largest absolute Gasteiger partial charge is 0.348 e. The molecule has 0 bridgehead atoms. The highest BCUT2D eigenvalue weighted by atomic mass is 35.5. The molecular weight excluding hydrogens is 352 g/mol. The molecule has 138 valence electrons. The number of likely N-dealkylation sites (tertiary alicyclic amines) is 1. The number of pyridine rings is 1. The maximum Gasteiger partial charge on any atom is 0.311 e. The van der Waals surface area contributed by atoms with E-state index in [0.717, 1.165) is 32.5 Å². The van der Waals surface area contributed by atoms with Crippen molar-refractivity contribution in [1.29, 1.82) is 0 Å². The number of benzene rings is 1. The predicted octanol–water partition coefficient (Wildman–Crippen LogP) is 4.13. The molecule has 0 N–H and O–H groups in total. The molecule has 0 atom stereocenters. The van der Waals surface area contributed by atoms with Crippen molar-refractivity contribution in [3.63, 3.8) is 0 Å². The van der Waals surface area contributed by atoms with E-state index in [0.29, 0.717) is 12.4 Å². The first kappa shape index (κ1) is 18.6. The van der Waals surface area contributed by atoms with Crippen molar-refractivity contribution in [2.24, 2.45) is 0 Å². The summed E-state index contributed by atoms with van der Waals surface area (Å²) in [6.45, 7) is 5.53. The van der Waals surface area contributed by atoms with Gasteiger partial charge in [-0.05, 0) is 31.4 Å². The molecule has 1 aromatic carbocycles. The number of halogens is 1. The van der Waals surface area contributed by atoms with Crippen LogP contribution in [-0.2, 0) is 6.54 Å². The second kappa shape index (κ2) is 8.47. The molecule has 0 aliphatic carbocycles. The number of nitrogens with zero attached hydrogens (tertiary/aromatic N) is 4. The summed E-state index contributed by atoms with van der Waals surface area (Å²) in [4.78, 5) is 19.7. The molecule has 0 amide bonds. The minimum atomic E-state index is -0.383. The van der Waals surface area contributed by atoms with E-state index in [9.17, 15) is 10.1 Å². The van der Waals surface area contributed by atoms with E-state index in [2.05, 4.69) is 34.1 Å². The third-order valence-corrected chi connectivity index (χ3v) is 5.09. The van der Waals surface area contributed by atoms with Crippen molar-refractivity contribution >= 4 is 23.1 Å². The van der Waals surface area contributed by atoms with E-state index in [1.807, 2.05) is 17.9 Å². The van der Waals surface area contributed by atoms with Gasteiger partial charge in [-0.15, -0.1) is 0 Å². The van der Waals surface area contributed by atoms with Crippen LogP contribution < -0.4 is 4.90 Å². The van der Waals surface area contributed by atoms with Gasteiger partial charge in [-0.1, -0.05) is 41.9 Å². The Kier molecular flexibility index (Phi) is 6.06. The lowest BCUT2D eigenvalue weighted by molar-refractivity contribution is -0.384. The fourth-order valence-corrected chi connectivity index (χ4v) is 3.73. The molecule has 0 saturated carbocycles. The first-order valence-corrected chi connectivity index (χ1v) is 9.30. The lowest BCUT2D eigenvalue weighted by Crippen LogP contribution is -2.45. The van der Waals surface area contributed by atoms with Crippen LogP contribution in [0.3, 0.4) is 0 Å². The molecular formula is C19H23ClN4O2. The molecule has 26 heavy (non-hydrogen) atoms. The highest BCUT2D eigenvalue weighted by Crippen LogP contribution is 2.31. The summed E-state index contributed by atoms with van der Waals surface area (Å²) >= 11 is 6.01. The molecule has 7 heteroatoms. The first-order chi connectivity index (χ1) is 12.6. The average Bonchev–Trinajstić information content (AvgIpc) is 2.64. The Morgan fingerprint density at radius 2 is 1.92 bits per heavy atom. The van der Waals surface area contributed by atoms with E-state index < -0.39 is 0 Å². The van der Waals surface area contributed by atoms with Gasteiger partial charge in [0.2, 0.25) is 5.82 Å². The summed E-state index contributed by atoms with van der Waals surface area (Å²) in [7, 11) is 0. The molecule has 1 aromatic heterocycles. The van der Waals surface area contributed by atoms with Crippen LogP contribution in [0.4, 0.5) is 11.5 Å². The van der Waals surface area contributed by atoms with E-state index >= 15 is 0 Å². The summed E-state index contributed by atoms with van der Waals surface area (Å²) in [6, 6.07) is 13.6. The lowest BCUT2D eigenvalue weighted by Gasteiger charge is -2.38. The average molecular weight is 375 g/mol. The van der Waals surface area contributed by atoms with Crippen LogP contribution in [0.2, 0.25) is 5.15 Å². The normalized spacial score (nSPS) is 15.8. The van der Waals surface area contributed by atoms with Gasteiger partial charge in [0, 0.05) is 38.3 Å². The lowest BCUT2D eigenvalue weighted by atomic mass is 10.0. The number of rotatable bonds is 6. The van der Waals surface area contributed by atoms with Gasteiger partial charge >= 0.3 is 5.69 Å². The molecule has 1 aliphatic heterocycles. The van der Waals surface area contributed by atoms with Crippen LogP contribution in [0.1, 0.15) is 25.3 Å². The Hall–Kier alpha value is -2.18. The molecule has 0 radical (unpaired) electrons. The summed E-state index contributed by atoms with van der Waals surface area (Å²) < 4.78 is 0. The zero-order valence-corrected chi connectivity index (χ0v) is 15.6. The zero-order valence-electron chi connectivity index (χ0n) is 14.8. The van der Waals surface area contributed by atoms with Crippen molar-refractivity contribution in [2.45, 2.75) is 32.4 Å². The Morgan fingerprint density at radius 1 is 1.23 bits per heavy atom. The van der Waals surface area contributed by atoms with Crippen LogP contribution in [0.25, 0.3) is 0 Å². The van der Waals surface area contributed by atoms with Gasteiger partial charge in [0.05, 0.1) is 4.92 Å². The second-order valence-electron chi connectivity index (χ2n) is 6.51. The smallest absolute Gasteiger partial charge is 0.311 e. The second-order valence-corrected chi connectivity index (χ2v) is 6.90. The van der Waals surface area contributed by atoms with Crippen LogP contribution in [0.5, 0.6) is 0 Å². The van der Waals surface area contributed by atoms with Gasteiger partial charge in [0.1, 0.15) is 5.15 Å². The van der Waals surface area contributed by atoms with Crippen molar-refractivity contribution in [2.75, 3.05) is 24.5 Å². The number of piperidine rings is 1. The number of hydrogen-bond donors (Lipinski definition) is 0. The standard InChI is InChI=1S/C19H23ClN4O2/c1-2-23(19-17(24(25)26)8-9-18(20)21-19)16-10-12-22(13-11-16)14-15-6-4-3-5-7-15/h3-9,16H,2,10-14H2,1H3. The fourth-order valence-electron chi connectivity index (χ4n) is 3.58. The maximum absolute atomic E-state index is 11.4. The first-order valence-electron chi connectivity index (χ1n) is 8.92. The Balaban J connectivity index is 1.69. The molecule has 2 heterocycles. The molecule has 3 rings (SSSR count). The molecule has 0 spiro atoms. The quantitative estimate of drug-likeness (QED) is 0.432. The molecule has 6 nitrogen and oxygen atoms in total. The van der Waals surface area contributed by atoms with Gasteiger partial charge < -0.3 is 4.90 Å². The van der Waals surface area contributed by atoms with Gasteiger partial charge in [-0.25, -0.2) is 4.98 Å². The Bertz CT molecular complexity index is 748. The van der Waals surface area contributed by atoms with Crippen LogP contribution in [0.15, 0.2) is 42.5 Å². The van der Waals surface area contributed by atoms with Crippen molar-refractivity contribution in [1.82, 2.24) is 9.88 Å². The topological polar surface area (TPSA) is 62.5 Å². The number of aromatic nitrogens is 1. The molecule has 0 unspecified atom stereocenters.